The number of carbonyl (C=O) groups excluding carboxylic acids is 1. The molecule has 1 aliphatic rings. The Morgan fingerprint density at radius 3 is 2.36 bits per heavy atom. The molecule has 2 aromatic rings. The van der Waals surface area contributed by atoms with Crippen molar-refractivity contribution in [2.45, 2.75) is 12.6 Å². The third kappa shape index (κ3) is 2.90. The van der Waals surface area contributed by atoms with Gasteiger partial charge in [-0.3, -0.25) is 4.79 Å². The van der Waals surface area contributed by atoms with Crippen LogP contribution in [0.5, 0.6) is 5.75 Å². The van der Waals surface area contributed by atoms with E-state index in [2.05, 4.69) is 5.32 Å². The first-order valence-electron chi connectivity index (χ1n) is 6.68. The highest BCUT2D eigenvalue weighted by molar-refractivity contribution is 5.93. The van der Waals surface area contributed by atoms with Crippen molar-refractivity contribution < 1.29 is 22.7 Å². The summed E-state index contributed by atoms with van der Waals surface area (Å²) >= 11 is 0. The molecular weight excluding hydrogens is 295 g/mol. The lowest BCUT2D eigenvalue weighted by Gasteiger charge is -2.11. The number of alkyl halides is 3. The minimum Gasteiger partial charge on any atom is -0.491 e. The maximum absolute atomic E-state index is 12.6. The zero-order valence-electron chi connectivity index (χ0n) is 11.4. The van der Waals surface area contributed by atoms with Crippen molar-refractivity contribution in [3.63, 3.8) is 0 Å². The van der Waals surface area contributed by atoms with Crippen molar-refractivity contribution >= 4 is 11.6 Å². The predicted octanol–water partition coefficient (Wildman–Crippen LogP) is 4.09. The summed E-state index contributed by atoms with van der Waals surface area (Å²) in [7, 11) is 0. The third-order valence-corrected chi connectivity index (χ3v) is 3.39. The molecule has 0 radical (unpaired) electrons. The van der Waals surface area contributed by atoms with Gasteiger partial charge in [-0.05, 0) is 35.4 Å². The van der Waals surface area contributed by atoms with Crippen molar-refractivity contribution in [3.8, 4) is 16.9 Å². The molecule has 0 saturated heterocycles. The van der Waals surface area contributed by atoms with Crippen LogP contribution < -0.4 is 10.1 Å². The average molecular weight is 307 g/mol. The van der Waals surface area contributed by atoms with Gasteiger partial charge in [0, 0.05) is 0 Å². The van der Waals surface area contributed by atoms with Crippen LogP contribution in [0.1, 0.15) is 12.0 Å². The van der Waals surface area contributed by atoms with Crippen LogP contribution in [0.3, 0.4) is 0 Å². The van der Waals surface area contributed by atoms with Crippen LogP contribution in [-0.4, -0.2) is 12.5 Å². The molecule has 1 aliphatic heterocycles. The number of ether oxygens (including phenoxy) is 1. The Bertz CT molecular complexity index is 708. The lowest BCUT2D eigenvalue weighted by molar-refractivity contribution is -0.137. The SMILES string of the molecule is O=C1CCOc2cc(-c3ccc(C(F)(F)F)cc3)ccc2N1. The number of anilines is 1. The molecule has 6 heteroatoms. The Kier molecular flexibility index (Phi) is 3.52. The Hall–Kier alpha value is -2.50. The predicted molar refractivity (Wildman–Crippen MR) is 75.6 cm³/mol. The first-order chi connectivity index (χ1) is 10.4. The molecular formula is C16H12F3NO2. The summed E-state index contributed by atoms with van der Waals surface area (Å²) in [6.45, 7) is 0.273. The first kappa shape index (κ1) is 14.4. The van der Waals surface area contributed by atoms with E-state index in [-0.39, 0.29) is 18.9 Å². The maximum atomic E-state index is 12.6. The lowest BCUT2D eigenvalue weighted by Crippen LogP contribution is -2.10. The van der Waals surface area contributed by atoms with E-state index >= 15 is 0 Å². The molecule has 0 bridgehead atoms. The molecule has 1 amide bonds. The second-order valence-electron chi connectivity index (χ2n) is 4.93. The van der Waals surface area contributed by atoms with E-state index in [1.807, 2.05) is 0 Å². The number of halogens is 3. The van der Waals surface area contributed by atoms with Gasteiger partial charge >= 0.3 is 6.18 Å². The minimum atomic E-state index is -4.35. The quantitative estimate of drug-likeness (QED) is 0.861. The van der Waals surface area contributed by atoms with E-state index in [1.165, 1.54) is 12.1 Å². The Labute approximate surface area is 124 Å². The van der Waals surface area contributed by atoms with E-state index in [1.54, 1.807) is 18.2 Å². The van der Waals surface area contributed by atoms with Crippen molar-refractivity contribution in [2.75, 3.05) is 11.9 Å². The molecule has 0 atom stereocenters. The minimum absolute atomic E-state index is 0.124. The molecule has 1 N–H and O–H groups in total. The highest BCUT2D eigenvalue weighted by atomic mass is 19.4. The number of carbonyl (C=O) groups is 1. The Balaban J connectivity index is 1.93. The normalized spacial score (nSPS) is 14.6. The fraction of sp³-hybridized carbons (Fsp3) is 0.188. The van der Waals surface area contributed by atoms with E-state index < -0.39 is 11.7 Å². The average Bonchev–Trinajstić information content (AvgIpc) is 2.66. The molecule has 0 aromatic heterocycles. The van der Waals surface area contributed by atoms with Crippen LogP contribution in [-0.2, 0) is 11.0 Å². The number of nitrogens with one attached hydrogen (secondary N) is 1. The highest BCUT2D eigenvalue weighted by Crippen LogP contribution is 2.34. The third-order valence-electron chi connectivity index (χ3n) is 3.39. The van der Waals surface area contributed by atoms with Crippen LogP contribution in [0.2, 0.25) is 0 Å². The van der Waals surface area contributed by atoms with Gasteiger partial charge in [0.2, 0.25) is 5.91 Å². The smallest absolute Gasteiger partial charge is 0.416 e. The van der Waals surface area contributed by atoms with Crippen LogP contribution in [0, 0.1) is 0 Å². The molecule has 0 unspecified atom stereocenters. The number of rotatable bonds is 1. The van der Waals surface area contributed by atoms with Crippen LogP contribution in [0.15, 0.2) is 42.5 Å². The van der Waals surface area contributed by atoms with Crippen LogP contribution in [0.25, 0.3) is 11.1 Å². The van der Waals surface area contributed by atoms with Gasteiger partial charge in [0.1, 0.15) is 5.75 Å². The monoisotopic (exact) mass is 307 g/mol. The van der Waals surface area contributed by atoms with Crippen molar-refractivity contribution in [3.05, 3.63) is 48.0 Å². The summed E-state index contributed by atoms with van der Waals surface area (Å²) in [5, 5.41) is 2.72. The Morgan fingerprint density at radius 2 is 1.68 bits per heavy atom. The first-order valence-corrected chi connectivity index (χ1v) is 6.68. The summed E-state index contributed by atoms with van der Waals surface area (Å²) in [5.74, 6) is 0.393. The summed E-state index contributed by atoms with van der Waals surface area (Å²) in [4.78, 5) is 11.4. The summed E-state index contributed by atoms with van der Waals surface area (Å²) in [6, 6.07) is 10.1. The molecule has 0 spiro atoms. The van der Waals surface area contributed by atoms with E-state index in [0.717, 1.165) is 17.7 Å². The van der Waals surface area contributed by atoms with Gasteiger partial charge in [0.15, 0.2) is 0 Å². The second kappa shape index (κ2) is 5.36. The zero-order chi connectivity index (χ0) is 15.7. The Morgan fingerprint density at radius 1 is 1.00 bits per heavy atom. The molecule has 0 aliphatic carbocycles. The maximum Gasteiger partial charge on any atom is 0.416 e. The molecule has 2 aromatic carbocycles. The van der Waals surface area contributed by atoms with Gasteiger partial charge in [-0.1, -0.05) is 18.2 Å². The van der Waals surface area contributed by atoms with Crippen molar-refractivity contribution in [1.82, 2.24) is 0 Å². The number of hydrogen-bond donors (Lipinski definition) is 1. The summed E-state index contributed by atoms with van der Waals surface area (Å²) in [6.07, 6.45) is -4.08. The summed E-state index contributed by atoms with van der Waals surface area (Å²) in [5.41, 5.74) is 1.26. The lowest BCUT2D eigenvalue weighted by atomic mass is 10.0. The summed E-state index contributed by atoms with van der Waals surface area (Å²) < 4.78 is 43.2. The topological polar surface area (TPSA) is 38.3 Å². The molecule has 22 heavy (non-hydrogen) atoms. The van der Waals surface area contributed by atoms with Gasteiger partial charge in [-0.25, -0.2) is 0 Å². The van der Waals surface area contributed by atoms with Crippen molar-refractivity contribution in [2.24, 2.45) is 0 Å². The fourth-order valence-electron chi connectivity index (χ4n) is 2.24. The molecule has 3 rings (SSSR count). The number of hydrogen-bond acceptors (Lipinski definition) is 2. The van der Waals surface area contributed by atoms with Crippen molar-refractivity contribution in [1.29, 1.82) is 0 Å². The number of fused-ring (bicyclic) bond motifs is 1. The zero-order valence-corrected chi connectivity index (χ0v) is 11.4. The molecule has 114 valence electrons. The highest BCUT2D eigenvalue weighted by Gasteiger charge is 2.30. The molecule has 0 fully saturated rings. The molecule has 0 saturated carbocycles. The molecule has 1 heterocycles. The van der Waals surface area contributed by atoms with Crippen LogP contribution >= 0.6 is 0 Å². The van der Waals surface area contributed by atoms with E-state index in [9.17, 15) is 18.0 Å². The standard InChI is InChI=1S/C16H12F3NO2/c17-16(18,19)12-4-1-10(2-5-12)11-3-6-13-14(9-11)22-8-7-15(21)20-13/h1-6,9H,7-8H2,(H,20,21). The number of benzene rings is 2. The van der Waals surface area contributed by atoms with E-state index in [0.29, 0.717) is 17.0 Å². The van der Waals surface area contributed by atoms with Gasteiger partial charge in [-0.15, -0.1) is 0 Å². The van der Waals surface area contributed by atoms with Gasteiger partial charge < -0.3 is 10.1 Å². The second-order valence-corrected chi connectivity index (χ2v) is 4.93. The number of amides is 1. The van der Waals surface area contributed by atoms with E-state index in [4.69, 9.17) is 4.74 Å². The molecule has 3 nitrogen and oxygen atoms in total. The largest absolute Gasteiger partial charge is 0.491 e. The van der Waals surface area contributed by atoms with Gasteiger partial charge in [-0.2, -0.15) is 13.2 Å². The van der Waals surface area contributed by atoms with Crippen LogP contribution in [0.4, 0.5) is 18.9 Å². The fourth-order valence-corrected chi connectivity index (χ4v) is 2.24. The van der Waals surface area contributed by atoms with Gasteiger partial charge in [0.25, 0.3) is 0 Å². The van der Waals surface area contributed by atoms with Gasteiger partial charge in [0.05, 0.1) is 24.3 Å².